The standard InChI is InChI=1S/C29H35FN4O6/c1-28(2,3)39-26(36)33-21(10-8-7-9-11-23(35)25-31-16-17-38-25)24-32-22(19-12-14-20(30)15-13-19)18-34(24)27(37)40-29(4,5)6/h7-8,12-18,21H,9-11H2,1-6H3,(H,33,36). The SMILES string of the molecule is CC(C)(C)OC(=O)NC(CC=CCCC(=O)c1ncco1)c1nc(-c2ccc(F)cc2)cn1C(=O)OC(C)(C)C. The van der Waals surface area contributed by atoms with Crippen molar-refractivity contribution in [1.29, 1.82) is 0 Å². The predicted octanol–water partition coefficient (Wildman–Crippen LogP) is 6.64. The quantitative estimate of drug-likeness (QED) is 0.231. The lowest BCUT2D eigenvalue weighted by Crippen LogP contribution is -2.37. The molecule has 1 N–H and O–H groups in total. The number of hydrogen-bond donors (Lipinski definition) is 1. The van der Waals surface area contributed by atoms with Crippen LogP contribution in [0, 0.1) is 5.82 Å². The number of nitrogens with zero attached hydrogens (tertiary/aromatic N) is 3. The highest BCUT2D eigenvalue weighted by atomic mass is 19.1. The van der Waals surface area contributed by atoms with Gasteiger partial charge in [-0.15, -0.1) is 0 Å². The number of rotatable bonds is 9. The minimum Gasteiger partial charge on any atom is -0.444 e. The van der Waals surface area contributed by atoms with Gasteiger partial charge in [-0.1, -0.05) is 12.2 Å². The van der Waals surface area contributed by atoms with Crippen LogP contribution in [0.1, 0.15) is 83.4 Å². The summed E-state index contributed by atoms with van der Waals surface area (Å²) < 4.78 is 30.8. The number of oxazole rings is 1. The van der Waals surface area contributed by atoms with Crippen LogP contribution in [-0.4, -0.2) is 43.7 Å². The van der Waals surface area contributed by atoms with Crippen molar-refractivity contribution in [2.75, 3.05) is 0 Å². The molecular formula is C29H35FN4O6. The zero-order valence-electron chi connectivity index (χ0n) is 23.6. The van der Waals surface area contributed by atoms with Crippen molar-refractivity contribution in [3.05, 3.63) is 72.6 Å². The largest absolute Gasteiger partial charge is 0.444 e. The number of ether oxygens (including phenoxy) is 2. The number of nitrogens with one attached hydrogen (secondary N) is 1. The molecule has 3 rings (SSSR count). The van der Waals surface area contributed by atoms with Crippen LogP contribution in [0.25, 0.3) is 11.3 Å². The highest BCUT2D eigenvalue weighted by Crippen LogP contribution is 2.26. The molecule has 0 spiro atoms. The number of ketones is 1. The fourth-order valence-electron chi connectivity index (χ4n) is 3.57. The maximum atomic E-state index is 13.5. The highest BCUT2D eigenvalue weighted by Gasteiger charge is 2.28. The number of halogens is 1. The van der Waals surface area contributed by atoms with Gasteiger partial charge in [-0.2, -0.15) is 0 Å². The Kier molecular flexibility index (Phi) is 9.62. The maximum absolute atomic E-state index is 13.5. The van der Waals surface area contributed by atoms with E-state index < -0.39 is 35.2 Å². The molecule has 40 heavy (non-hydrogen) atoms. The van der Waals surface area contributed by atoms with Gasteiger partial charge in [0.25, 0.3) is 5.89 Å². The Morgan fingerprint density at radius 2 is 1.73 bits per heavy atom. The summed E-state index contributed by atoms with van der Waals surface area (Å²) in [6.07, 6.45) is 7.19. The van der Waals surface area contributed by atoms with Gasteiger partial charge in [-0.05, 0) is 78.6 Å². The number of carbonyl (C=O) groups excluding carboxylic acids is 3. The third-order valence-electron chi connectivity index (χ3n) is 5.21. The lowest BCUT2D eigenvalue weighted by atomic mass is 10.1. The molecule has 0 aliphatic rings. The number of allylic oxidation sites excluding steroid dienone is 1. The Balaban J connectivity index is 1.91. The van der Waals surface area contributed by atoms with Gasteiger partial charge in [0.1, 0.15) is 29.1 Å². The summed E-state index contributed by atoms with van der Waals surface area (Å²) in [5, 5.41) is 2.79. The van der Waals surface area contributed by atoms with Crippen molar-refractivity contribution in [3.8, 4) is 11.3 Å². The Bertz CT molecular complexity index is 1330. The molecule has 10 nitrogen and oxygen atoms in total. The average Bonchev–Trinajstić information content (AvgIpc) is 3.52. The summed E-state index contributed by atoms with van der Waals surface area (Å²) in [6.45, 7) is 10.4. The van der Waals surface area contributed by atoms with Crippen LogP contribution >= 0.6 is 0 Å². The van der Waals surface area contributed by atoms with E-state index in [2.05, 4.69) is 15.3 Å². The zero-order chi connectivity index (χ0) is 29.5. The maximum Gasteiger partial charge on any atom is 0.420 e. The van der Waals surface area contributed by atoms with Crippen molar-refractivity contribution in [2.45, 2.75) is 78.0 Å². The van der Waals surface area contributed by atoms with Crippen LogP contribution in [0.5, 0.6) is 0 Å². The monoisotopic (exact) mass is 554 g/mol. The van der Waals surface area contributed by atoms with E-state index in [9.17, 15) is 18.8 Å². The molecule has 3 aromatic rings. The lowest BCUT2D eigenvalue weighted by Gasteiger charge is -2.24. The summed E-state index contributed by atoms with van der Waals surface area (Å²) in [5.41, 5.74) is -0.596. The Morgan fingerprint density at radius 1 is 1.05 bits per heavy atom. The molecule has 0 radical (unpaired) electrons. The molecule has 0 aliphatic carbocycles. The number of imidazole rings is 1. The predicted molar refractivity (Wildman–Crippen MR) is 145 cm³/mol. The average molecular weight is 555 g/mol. The van der Waals surface area contributed by atoms with E-state index >= 15 is 0 Å². The molecule has 0 saturated heterocycles. The van der Waals surface area contributed by atoms with E-state index in [0.29, 0.717) is 17.7 Å². The summed E-state index contributed by atoms with van der Waals surface area (Å²) in [4.78, 5) is 46.6. The van der Waals surface area contributed by atoms with Gasteiger partial charge >= 0.3 is 12.2 Å². The Labute approximate surface area is 232 Å². The Morgan fingerprint density at radius 3 is 2.33 bits per heavy atom. The number of aromatic nitrogens is 3. The molecule has 214 valence electrons. The van der Waals surface area contributed by atoms with Gasteiger partial charge in [0.2, 0.25) is 5.78 Å². The number of Topliss-reactive ketones (excluding diaryl/α,β-unsaturated/α-hetero) is 1. The fraction of sp³-hybridized carbons (Fsp3) is 0.414. The summed E-state index contributed by atoms with van der Waals surface area (Å²) >= 11 is 0. The summed E-state index contributed by atoms with van der Waals surface area (Å²) in [5.74, 6) is -0.403. The zero-order valence-corrected chi connectivity index (χ0v) is 23.6. The van der Waals surface area contributed by atoms with Crippen LogP contribution < -0.4 is 5.32 Å². The second-order valence-electron chi connectivity index (χ2n) is 11.0. The van der Waals surface area contributed by atoms with Crippen molar-refractivity contribution >= 4 is 18.0 Å². The van der Waals surface area contributed by atoms with Crippen LogP contribution in [0.3, 0.4) is 0 Å². The molecule has 1 aromatic carbocycles. The van der Waals surface area contributed by atoms with E-state index in [0.717, 1.165) is 0 Å². The Hall–Kier alpha value is -4.28. The molecule has 0 aliphatic heterocycles. The molecular weight excluding hydrogens is 519 g/mol. The van der Waals surface area contributed by atoms with Crippen molar-refractivity contribution in [3.63, 3.8) is 0 Å². The first kappa shape index (κ1) is 30.3. The van der Waals surface area contributed by atoms with E-state index in [4.69, 9.17) is 13.9 Å². The highest BCUT2D eigenvalue weighted by molar-refractivity contribution is 5.91. The van der Waals surface area contributed by atoms with Gasteiger partial charge in [-0.3, -0.25) is 4.79 Å². The smallest absolute Gasteiger partial charge is 0.420 e. The molecule has 11 heteroatoms. The van der Waals surface area contributed by atoms with Crippen LogP contribution in [0.4, 0.5) is 14.0 Å². The van der Waals surface area contributed by atoms with Crippen LogP contribution in [0.2, 0.25) is 0 Å². The molecule has 0 fully saturated rings. The molecule has 0 saturated carbocycles. The number of benzene rings is 1. The topological polar surface area (TPSA) is 126 Å². The fourth-order valence-corrected chi connectivity index (χ4v) is 3.57. The van der Waals surface area contributed by atoms with Crippen molar-refractivity contribution in [2.24, 2.45) is 0 Å². The molecule has 2 aromatic heterocycles. The van der Waals surface area contributed by atoms with E-state index in [1.54, 1.807) is 65.8 Å². The normalized spacial score (nSPS) is 12.8. The van der Waals surface area contributed by atoms with Gasteiger partial charge < -0.3 is 19.2 Å². The van der Waals surface area contributed by atoms with Crippen molar-refractivity contribution in [1.82, 2.24) is 19.9 Å². The second kappa shape index (κ2) is 12.7. The van der Waals surface area contributed by atoms with E-state index in [1.807, 2.05) is 0 Å². The summed E-state index contributed by atoms with van der Waals surface area (Å²) in [6, 6.07) is 4.86. The van der Waals surface area contributed by atoms with E-state index in [-0.39, 0.29) is 30.3 Å². The van der Waals surface area contributed by atoms with Crippen LogP contribution in [0.15, 0.2) is 59.5 Å². The molecule has 1 unspecified atom stereocenters. The first-order valence-electron chi connectivity index (χ1n) is 12.9. The minimum atomic E-state index is -0.810. The summed E-state index contributed by atoms with van der Waals surface area (Å²) in [7, 11) is 0. The van der Waals surface area contributed by atoms with Gasteiger partial charge in [0.15, 0.2) is 0 Å². The third kappa shape index (κ3) is 9.18. The minimum absolute atomic E-state index is 0.0468. The third-order valence-corrected chi connectivity index (χ3v) is 5.21. The number of carbonyl (C=O) groups is 3. The second-order valence-corrected chi connectivity index (χ2v) is 11.0. The number of alkyl carbamates (subject to hydrolysis) is 1. The van der Waals surface area contributed by atoms with Gasteiger partial charge in [0.05, 0.1) is 17.9 Å². The number of hydrogen-bond acceptors (Lipinski definition) is 8. The lowest BCUT2D eigenvalue weighted by molar-refractivity contribution is 0.0473. The van der Waals surface area contributed by atoms with Crippen molar-refractivity contribution < 1.29 is 32.7 Å². The van der Waals surface area contributed by atoms with E-state index in [1.165, 1.54) is 35.4 Å². The molecule has 2 heterocycles. The molecule has 0 bridgehead atoms. The number of amides is 1. The van der Waals surface area contributed by atoms with Crippen LogP contribution in [-0.2, 0) is 9.47 Å². The first-order valence-corrected chi connectivity index (χ1v) is 12.9. The van der Waals surface area contributed by atoms with Gasteiger partial charge in [0, 0.05) is 18.2 Å². The first-order chi connectivity index (χ1) is 18.7. The molecule has 1 amide bonds. The molecule has 1 atom stereocenters. The van der Waals surface area contributed by atoms with Gasteiger partial charge in [-0.25, -0.2) is 28.5 Å².